The molecule has 0 amide bonds. The van der Waals surface area contributed by atoms with Gasteiger partial charge in [-0.1, -0.05) is 39.5 Å². The normalized spacial score (nSPS) is 17.4. The van der Waals surface area contributed by atoms with Crippen molar-refractivity contribution in [2.24, 2.45) is 5.73 Å². The Kier molecular flexibility index (Phi) is 6.23. The van der Waals surface area contributed by atoms with E-state index in [1.807, 2.05) is 0 Å². The number of anilines is 1. The van der Waals surface area contributed by atoms with Crippen molar-refractivity contribution in [3.05, 3.63) is 5.82 Å². The van der Waals surface area contributed by atoms with Crippen LogP contribution in [0.3, 0.4) is 0 Å². The van der Waals surface area contributed by atoms with Crippen LogP contribution < -0.4 is 10.6 Å². The van der Waals surface area contributed by atoms with Crippen molar-refractivity contribution < 1.29 is 0 Å². The van der Waals surface area contributed by atoms with Gasteiger partial charge >= 0.3 is 0 Å². The van der Waals surface area contributed by atoms with Crippen molar-refractivity contribution >= 4 is 16.7 Å². The first-order valence-corrected chi connectivity index (χ1v) is 8.80. The molecule has 5 heteroatoms. The number of nitrogens with zero attached hydrogens (tertiary/aromatic N) is 3. The summed E-state index contributed by atoms with van der Waals surface area (Å²) in [6, 6.07) is 0.636. The molecule has 4 nitrogen and oxygen atoms in total. The summed E-state index contributed by atoms with van der Waals surface area (Å²) in [6.45, 7) is 6.08. The van der Waals surface area contributed by atoms with Crippen molar-refractivity contribution in [3.8, 4) is 0 Å². The van der Waals surface area contributed by atoms with Gasteiger partial charge in [-0.3, -0.25) is 0 Å². The molecule has 1 heterocycles. The second-order valence-electron chi connectivity index (χ2n) is 6.07. The van der Waals surface area contributed by atoms with Crippen LogP contribution in [0.1, 0.15) is 70.5 Å². The van der Waals surface area contributed by atoms with Gasteiger partial charge in [0.05, 0.1) is 0 Å². The summed E-state index contributed by atoms with van der Waals surface area (Å²) < 4.78 is 4.52. The summed E-state index contributed by atoms with van der Waals surface area (Å²) >= 11 is 1.56. The molecular weight excluding hydrogens is 268 g/mol. The van der Waals surface area contributed by atoms with Gasteiger partial charge in [-0.15, -0.1) is 0 Å². The monoisotopic (exact) mass is 296 g/mol. The molecule has 0 spiro atoms. The average Bonchev–Trinajstić information content (AvgIpc) is 2.77. The van der Waals surface area contributed by atoms with Gasteiger partial charge in [0, 0.05) is 30.0 Å². The molecule has 20 heavy (non-hydrogen) atoms. The molecule has 0 saturated heterocycles. The quantitative estimate of drug-likeness (QED) is 0.816. The van der Waals surface area contributed by atoms with Crippen LogP contribution in [0.4, 0.5) is 5.13 Å². The molecule has 0 bridgehead atoms. The van der Waals surface area contributed by atoms with Crippen LogP contribution in [-0.2, 0) is 0 Å². The predicted octanol–water partition coefficient (Wildman–Crippen LogP) is 3.54. The van der Waals surface area contributed by atoms with E-state index in [1.165, 1.54) is 38.5 Å². The van der Waals surface area contributed by atoms with E-state index in [9.17, 15) is 0 Å². The van der Waals surface area contributed by atoms with Crippen LogP contribution >= 0.6 is 11.5 Å². The van der Waals surface area contributed by atoms with E-state index < -0.39 is 0 Å². The fourth-order valence-corrected chi connectivity index (χ4v) is 3.75. The van der Waals surface area contributed by atoms with Gasteiger partial charge in [-0.05, 0) is 25.8 Å². The SMILES string of the molecule is CC(C)c1nsc(N(CCCN)C2CCCCCC2)n1. The summed E-state index contributed by atoms with van der Waals surface area (Å²) in [5, 5.41) is 1.11. The number of rotatable bonds is 6. The molecule has 1 aliphatic carbocycles. The maximum Gasteiger partial charge on any atom is 0.205 e. The van der Waals surface area contributed by atoms with E-state index in [0.29, 0.717) is 12.0 Å². The predicted molar refractivity (Wildman–Crippen MR) is 86.5 cm³/mol. The van der Waals surface area contributed by atoms with Gasteiger partial charge < -0.3 is 10.6 Å². The molecule has 114 valence electrons. The zero-order valence-corrected chi connectivity index (χ0v) is 13.7. The number of hydrogen-bond acceptors (Lipinski definition) is 5. The zero-order chi connectivity index (χ0) is 14.4. The Morgan fingerprint density at radius 2 is 1.95 bits per heavy atom. The van der Waals surface area contributed by atoms with E-state index in [4.69, 9.17) is 10.7 Å². The van der Waals surface area contributed by atoms with E-state index in [0.717, 1.165) is 30.5 Å². The van der Waals surface area contributed by atoms with Crippen molar-refractivity contribution in [1.29, 1.82) is 0 Å². The zero-order valence-electron chi connectivity index (χ0n) is 12.8. The largest absolute Gasteiger partial charge is 0.344 e. The molecule has 2 rings (SSSR count). The molecule has 0 aromatic carbocycles. The Labute approximate surface area is 126 Å². The molecule has 1 aromatic rings. The average molecular weight is 296 g/mol. The molecule has 0 atom stereocenters. The number of aromatic nitrogens is 2. The third-order valence-electron chi connectivity index (χ3n) is 4.06. The van der Waals surface area contributed by atoms with Crippen LogP contribution in [0.2, 0.25) is 0 Å². The fraction of sp³-hybridized carbons (Fsp3) is 0.867. The second-order valence-corrected chi connectivity index (χ2v) is 6.80. The third kappa shape index (κ3) is 4.16. The molecule has 2 N–H and O–H groups in total. The molecule has 0 radical (unpaired) electrons. The lowest BCUT2D eigenvalue weighted by molar-refractivity contribution is 0.517. The van der Waals surface area contributed by atoms with Crippen LogP contribution in [0, 0.1) is 0 Å². The minimum atomic E-state index is 0.408. The van der Waals surface area contributed by atoms with E-state index in [-0.39, 0.29) is 0 Å². The van der Waals surface area contributed by atoms with Gasteiger partial charge in [0.15, 0.2) is 0 Å². The molecule has 1 aromatic heterocycles. The van der Waals surface area contributed by atoms with Gasteiger partial charge in [-0.25, -0.2) is 4.98 Å². The van der Waals surface area contributed by atoms with E-state index in [1.54, 1.807) is 11.5 Å². The lowest BCUT2D eigenvalue weighted by atomic mass is 10.1. The highest BCUT2D eigenvalue weighted by Crippen LogP contribution is 2.29. The molecule has 1 saturated carbocycles. The second kappa shape index (κ2) is 7.93. The molecule has 0 unspecified atom stereocenters. The van der Waals surface area contributed by atoms with Crippen molar-refractivity contribution in [2.45, 2.75) is 70.8 Å². The Morgan fingerprint density at radius 3 is 2.50 bits per heavy atom. The van der Waals surface area contributed by atoms with E-state index in [2.05, 4.69) is 23.1 Å². The van der Waals surface area contributed by atoms with Crippen molar-refractivity contribution in [3.63, 3.8) is 0 Å². The van der Waals surface area contributed by atoms with Crippen molar-refractivity contribution in [2.75, 3.05) is 18.0 Å². The first-order valence-electron chi connectivity index (χ1n) is 8.02. The molecule has 1 aliphatic rings. The van der Waals surface area contributed by atoms with Crippen molar-refractivity contribution in [1.82, 2.24) is 9.36 Å². The Hall–Kier alpha value is -0.680. The van der Waals surface area contributed by atoms with Crippen LogP contribution in [0.5, 0.6) is 0 Å². The van der Waals surface area contributed by atoms with Crippen LogP contribution in [-0.4, -0.2) is 28.5 Å². The smallest absolute Gasteiger partial charge is 0.205 e. The van der Waals surface area contributed by atoms with Gasteiger partial charge in [-0.2, -0.15) is 4.37 Å². The highest BCUT2D eigenvalue weighted by Gasteiger charge is 2.23. The van der Waals surface area contributed by atoms with Crippen LogP contribution in [0.15, 0.2) is 0 Å². The molecular formula is C15H28N4S. The minimum Gasteiger partial charge on any atom is -0.344 e. The summed E-state index contributed by atoms with van der Waals surface area (Å²) in [7, 11) is 0. The fourth-order valence-electron chi connectivity index (χ4n) is 2.84. The van der Waals surface area contributed by atoms with Gasteiger partial charge in [0.25, 0.3) is 0 Å². The molecule has 1 fully saturated rings. The molecule has 0 aliphatic heterocycles. The highest BCUT2D eigenvalue weighted by molar-refractivity contribution is 7.09. The lowest BCUT2D eigenvalue weighted by Crippen LogP contribution is -2.36. The summed E-state index contributed by atoms with van der Waals surface area (Å²) in [4.78, 5) is 7.25. The first kappa shape index (κ1) is 15.7. The third-order valence-corrected chi connectivity index (χ3v) is 4.83. The van der Waals surface area contributed by atoms with E-state index >= 15 is 0 Å². The summed E-state index contributed by atoms with van der Waals surface area (Å²) in [5.41, 5.74) is 5.71. The lowest BCUT2D eigenvalue weighted by Gasteiger charge is -2.30. The first-order chi connectivity index (χ1) is 9.72. The van der Waals surface area contributed by atoms with Gasteiger partial charge in [0.2, 0.25) is 5.13 Å². The maximum atomic E-state index is 5.71. The van der Waals surface area contributed by atoms with Crippen LogP contribution in [0.25, 0.3) is 0 Å². The summed E-state index contributed by atoms with van der Waals surface area (Å²) in [5.74, 6) is 1.39. The Balaban J connectivity index is 2.11. The van der Waals surface area contributed by atoms with Gasteiger partial charge in [0.1, 0.15) is 5.82 Å². The maximum absolute atomic E-state index is 5.71. The summed E-state index contributed by atoms with van der Waals surface area (Å²) in [6.07, 6.45) is 9.08. The standard InChI is InChI=1S/C15H28N4S/c1-12(2)14-17-15(20-18-14)19(11-7-10-16)13-8-5-3-4-6-9-13/h12-13H,3-11,16H2,1-2H3. The highest BCUT2D eigenvalue weighted by atomic mass is 32.1. The topological polar surface area (TPSA) is 55.0 Å². The number of hydrogen-bond donors (Lipinski definition) is 1. The Bertz CT molecular complexity index is 383. The Morgan fingerprint density at radius 1 is 1.25 bits per heavy atom. The number of nitrogens with two attached hydrogens (primary N) is 1. The minimum absolute atomic E-state index is 0.408.